The molecule has 2 rings (SSSR count). The third kappa shape index (κ3) is 3.21. The van der Waals surface area contributed by atoms with Gasteiger partial charge >= 0.3 is 0 Å². The largest absolute Gasteiger partial charge is 0.485 e. The zero-order valence-corrected chi connectivity index (χ0v) is 11.6. The maximum atomic E-state index is 12.0. The number of carbonyl (C=O) groups is 1. The van der Waals surface area contributed by atoms with Crippen LogP contribution in [0.4, 0.5) is 0 Å². The molecule has 0 bridgehead atoms. The minimum atomic E-state index is -0.0378. The van der Waals surface area contributed by atoms with Crippen molar-refractivity contribution in [2.75, 3.05) is 6.61 Å². The smallest absolute Gasteiger partial charge is 0.201 e. The van der Waals surface area contributed by atoms with Crippen LogP contribution in [0.5, 0.6) is 5.75 Å². The highest BCUT2D eigenvalue weighted by atomic mass is 32.1. The van der Waals surface area contributed by atoms with E-state index >= 15 is 0 Å². The Labute approximate surface area is 116 Å². The molecule has 0 aliphatic carbocycles. The molecule has 1 aromatic heterocycles. The Kier molecular flexibility index (Phi) is 3.98. The SMILES string of the molecule is Cc1cc(C(=O)COc2cccc(C#N)c2)c(C)s1. The Morgan fingerprint density at radius 3 is 2.79 bits per heavy atom. The first-order valence-electron chi connectivity index (χ1n) is 5.83. The normalized spacial score (nSPS) is 9.95. The molecule has 0 N–H and O–H groups in total. The third-order valence-corrected chi connectivity index (χ3v) is 3.64. The molecule has 0 spiro atoms. The summed E-state index contributed by atoms with van der Waals surface area (Å²) in [5.41, 5.74) is 1.24. The summed E-state index contributed by atoms with van der Waals surface area (Å²) in [7, 11) is 0. The number of ketones is 1. The van der Waals surface area contributed by atoms with Gasteiger partial charge in [0.15, 0.2) is 6.61 Å². The van der Waals surface area contributed by atoms with Gasteiger partial charge in [-0.25, -0.2) is 0 Å². The number of Topliss-reactive ketones (excluding diaryl/α,β-unsaturated/α-hetero) is 1. The second kappa shape index (κ2) is 5.68. The van der Waals surface area contributed by atoms with Crippen molar-refractivity contribution in [3.8, 4) is 11.8 Å². The lowest BCUT2D eigenvalue weighted by molar-refractivity contribution is 0.0921. The molecule has 2 aromatic rings. The van der Waals surface area contributed by atoms with E-state index in [4.69, 9.17) is 10.00 Å². The predicted molar refractivity (Wildman–Crippen MR) is 74.8 cm³/mol. The Morgan fingerprint density at radius 2 is 2.16 bits per heavy atom. The van der Waals surface area contributed by atoms with Gasteiger partial charge < -0.3 is 4.74 Å². The molecule has 0 aliphatic rings. The molecular weight excluding hydrogens is 258 g/mol. The zero-order chi connectivity index (χ0) is 13.8. The molecule has 0 saturated carbocycles. The third-order valence-electron chi connectivity index (χ3n) is 2.67. The van der Waals surface area contributed by atoms with Crippen molar-refractivity contribution in [2.45, 2.75) is 13.8 Å². The molecule has 96 valence electrons. The predicted octanol–water partition coefficient (Wildman–Crippen LogP) is 3.50. The summed E-state index contributed by atoms with van der Waals surface area (Å²) >= 11 is 1.61. The van der Waals surface area contributed by atoms with Crippen LogP contribution in [0.15, 0.2) is 30.3 Å². The molecule has 0 atom stereocenters. The van der Waals surface area contributed by atoms with E-state index < -0.39 is 0 Å². The highest BCUT2D eigenvalue weighted by Gasteiger charge is 2.12. The summed E-state index contributed by atoms with van der Waals surface area (Å²) in [4.78, 5) is 14.2. The molecule has 0 aliphatic heterocycles. The van der Waals surface area contributed by atoms with Crippen molar-refractivity contribution >= 4 is 17.1 Å². The summed E-state index contributed by atoms with van der Waals surface area (Å²) in [6.07, 6.45) is 0. The van der Waals surface area contributed by atoms with Gasteiger partial charge in [-0.3, -0.25) is 4.79 Å². The number of nitrogens with zero attached hydrogens (tertiary/aromatic N) is 1. The van der Waals surface area contributed by atoms with Crippen LogP contribution in [-0.4, -0.2) is 12.4 Å². The van der Waals surface area contributed by atoms with Crippen LogP contribution in [0.25, 0.3) is 0 Å². The molecule has 1 aromatic carbocycles. The van der Waals surface area contributed by atoms with Gasteiger partial charge in [-0.15, -0.1) is 11.3 Å². The van der Waals surface area contributed by atoms with E-state index in [1.165, 1.54) is 0 Å². The average Bonchev–Trinajstić information content (AvgIpc) is 2.75. The maximum absolute atomic E-state index is 12.0. The first-order valence-corrected chi connectivity index (χ1v) is 6.65. The Morgan fingerprint density at radius 1 is 1.37 bits per heavy atom. The summed E-state index contributed by atoms with van der Waals surface area (Å²) in [6.45, 7) is 3.90. The Bertz CT molecular complexity index is 652. The molecular formula is C15H13NO2S. The minimum absolute atomic E-state index is 0.00804. The zero-order valence-electron chi connectivity index (χ0n) is 10.8. The van der Waals surface area contributed by atoms with Gasteiger partial charge in [0.1, 0.15) is 5.75 Å². The number of nitriles is 1. The van der Waals surface area contributed by atoms with Crippen molar-refractivity contribution in [3.63, 3.8) is 0 Å². The highest BCUT2D eigenvalue weighted by Crippen LogP contribution is 2.21. The molecule has 4 heteroatoms. The Hall–Kier alpha value is -2.12. The first kappa shape index (κ1) is 13.3. The van der Waals surface area contributed by atoms with E-state index in [0.717, 1.165) is 15.3 Å². The number of hydrogen-bond acceptors (Lipinski definition) is 4. The molecule has 19 heavy (non-hydrogen) atoms. The van der Waals surface area contributed by atoms with E-state index in [0.29, 0.717) is 11.3 Å². The molecule has 0 fully saturated rings. The van der Waals surface area contributed by atoms with Crippen molar-refractivity contribution < 1.29 is 9.53 Å². The van der Waals surface area contributed by atoms with Gasteiger partial charge in [-0.05, 0) is 38.1 Å². The van der Waals surface area contributed by atoms with Crippen LogP contribution in [0.1, 0.15) is 25.7 Å². The van der Waals surface area contributed by atoms with Crippen LogP contribution < -0.4 is 4.74 Å². The van der Waals surface area contributed by atoms with Crippen LogP contribution in [0.2, 0.25) is 0 Å². The van der Waals surface area contributed by atoms with E-state index in [2.05, 4.69) is 0 Å². The first-order chi connectivity index (χ1) is 9.10. The molecule has 1 heterocycles. The number of rotatable bonds is 4. The van der Waals surface area contributed by atoms with Gasteiger partial charge in [-0.2, -0.15) is 5.26 Å². The van der Waals surface area contributed by atoms with Crippen LogP contribution in [0, 0.1) is 25.2 Å². The number of benzene rings is 1. The molecule has 0 radical (unpaired) electrons. The quantitative estimate of drug-likeness (QED) is 0.800. The number of hydrogen-bond donors (Lipinski definition) is 0. The second-order valence-corrected chi connectivity index (χ2v) is 5.64. The van der Waals surface area contributed by atoms with Gasteiger partial charge in [0.05, 0.1) is 11.6 Å². The van der Waals surface area contributed by atoms with Crippen LogP contribution in [-0.2, 0) is 0 Å². The van der Waals surface area contributed by atoms with Gasteiger partial charge in [0.25, 0.3) is 0 Å². The molecule has 0 saturated heterocycles. The van der Waals surface area contributed by atoms with Crippen molar-refractivity contribution in [1.29, 1.82) is 5.26 Å². The lowest BCUT2D eigenvalue weighted by Gasteiger charge is -2.05. The molecule has 0 amide bonds. The number of thiophene rings is 1. The van der Waals surface area contributed by atoms with Crippen molar-refractivity contribution in [1.82, 2.24) is 0 Å². The standard InChI is InChI=1S/C15H13NO2S/c1-10-6-14(11(2)19-10)15(17)9-18-13-5-3-4-12(7-13)8-16/h3-7H,9H2,1-2H3. The summed E-state index contributed by atoms with van der Waals surface area (Å²) < 4.78 is 5.43. The van der Waals surface area contributed by atoms with Crippen molar-refractivity contribution in [2.24, 2.45) is 0 Å². The lowest BCUT2D eigenvalue weighted by Crippen LogP contribution is -2.11. The van der Waals surface area contributed by atoms with Crippen LogP contribution in [0.3, 0.4) is 0 Å². The van der Waals surface area contributed by atoms with E-state index in [9.17, 15) is 4.79 Å². The lowest BCUT2D eigenvalue weighted by atomic mass is 10.2. The fraction of sp³-hybridized carbons (Fsp3) is 0.200. The number of aryl methyl sites for hydroxylation is 2. The maximum Gasteiger partial charge on any atom is 0.201 e. The fourth-order valence-electron chi connectivity index (χ4n) is 1.79. The van der Waals surface area contributed by atoms with E-state index in [1.807, 2.05) is 26.0 Å². The monoisotopic (exact) mass is 271 g/mol. The van der Waals surface area contributed by atoms with Gasteiger partial charge in [0.2, 0.25) is 5.78 Å². The summed E-state index contributed by atoms with van der Waals surface area (Å²) in [5, 5.41) is 8.79. The summed E-state index contributed by atoms with van der Waals surface area (Å²) in [6, 6.07) is 10.7. The van der Waals surface area contributed by atoms with E-state index in [-0.39, 0.29) is 12.4 Å². The molecule has 3 nitrogen and oxygen atoms in total. The summed E-state index contributed by atoms with van der Waals surface area (Å²) in [5.74, 6) is 0.501. The average molecular weight is 271 g/mol. The topological polar surface area (TPSA) is 50.1 Å². The van der Waals surface area contributed by atoms with Crippen molar-refractivity contribution in [3.05, 3.63) is 51.2 Å². The number of carbonyl (C=O) groups excluding carboxylic acids is 1. The highest BCUT2D eigenvalue weighted by molar-refractivity contribution is 7.12. The minimum Gasteiger partial charge on any atom is -0.485 e. The van der Waals surface area contributed by atoms with Gasteiger partial charge in [-0.1, -0.05) is 6.07 Å². The number of ether oxygens (including phenoxy) is 1. The van der Waals surface area contributed by atoms with E-state index in [1.54, 1.807) is 35.6 Å². The van der Waals surface area contributed by atoms with Crippen LogP contribution >= 0.6 is 11.3 Å². The second-order valence-electron chi connectivity index (χ2n) is 4.18. The molecule has 0 unspecified atom stereocenters. The Balaban J connectivity index is 2.04. The fourth-order valence-corrected chi connectivity index (χ4v) is 2.73. The van der Waals surface area contributed by atoms with Gasteiger partial charge in [0, 0.05) is 15.3 Å².